The van der Waals surface area contributed by atoms with Crippen molar-refractivity contribution in [2.24, 2.45) is 0 Å². The Morgan fingerprint density at radius 2 is 2.06 bits per heavy atom. The summed E-state index contributed by atoms with van der Waals surface area (Å²) < 4.78 is 2.31. The lowest BCUT2D eigenvalue weighted by atomic mass is 9.96. The van der Waals surface area contributed by atoms with Crippen molar-refractivity contribution in [3.8, 4) is 0 Å². The lowest BCUT2D eigenvalue weighted by Gasteiger charge is -2.23. The van der Waals surface area contributed by atoms with Crippen molar-refractivity contribution in [1.29, 1.82) is 0 Å². The highest BCUT2D eigenvalue weighted by atomic mass is 15.2. The average Bonchev–Trinajstić information content (AvgIpc) is 2.71. The van der Waals surface area contributed by atoms with Gasteiger partial charge in [-0.2, -0.15) is 0 Å². The Kier molecular flexibility index (Phi) is 5.09. The number of anilines is 1. The third kappa shape index (κ3) is 3.76. The molecular weight excluding hydrogens is 222 g/mol. The fourth-order valence-corrected chi connectivity index (χ4v) is 2.79. The summed E-state index contributed by atoms with van der Waals surface area (Å²) in [5.41, 5.74) is 1.13. The monoisotopic (exact) mass is 249 g/mol. The smallest absolute Gasteiger partial charge is 0.203 e. The molecule has 0 spiro atoms. The standard InChI is InChI=1S/C15H27N3/c1-3-4-8-11-18-12-13(2)16-15(18)17-14-9-6-5-7-10-14/h12,14H,3-11H2,1-2H3,(H,16,17). The van der Waals surface area contributed by atoms with E-state index in [-0.39, 0.29) is 0 Å². The van der Waals surface area contributed by atoms with Gasteiger partial charge in [-0.25, -0.2) is 4.98 Å². The topological polar surface area (TPSA) is 29.9 Å². The third-order valence-electron chi connectivity index (χ3n) is 3.84. The van der Waals surface area contributed by atoms with Crippen molar-refractivity contribution in [2.45, 2.75) is 77.8 Å². The van der Waals surface area contributed by atoms with Crippen LogP contribution in [-0.2, 0) is 6.54 Å². The summed E-state index contributed by atoms with van der Waals surface area (Å²) in [6, 6.07) is 0.644. The van der Waals surface area contributed by atoms with E-state index in [9.17, 15) is 0 Å². The Morgan fingerprint density at radius 1 is 1.28 bits per heavy atom. The molecule has 0 amide bonds. The molecule has 1 N–H and O–H groups in total. The zero-order valence-corrected chi connectivity index (χ0v) is 11.9. The number of hydrogen-bond donors (Lipinski definition) is 1. The summed E-state index contributed by atoms with van der Waals surface area (Å²) in [6.07, 6.45) is 12.8. The van der Waals surface area contributed by atoms with Gasteiger partial charge >= 0.3 is 0 Å². The summed E-state index contributed by atoms with van der Waals surface area (Å²) in [5.74, 6) is 1.09. The summed E-state index contributed by atoms with van der Waals surface area (Å²) >= 11 is 0. The van der Waals surface area contributed by atoms with Gasteiger partial charge in [-0.05, 0) is 26.2 Å². The Labute approximate surface area is 111 Å². The summed E-state index contributed by atoms with van der Waals surface area (Å²) in [4.78, 5) is 4.64. The molecule has 1 heterocycles. The third-order valence-corrected chi connectivity index (χ3v) is 3.84. The molecule has 1 aromatic rings. The molecular formula is C15H27N3. The van der Waals surface area contributed by atoms with E-state index in [2.05, 4.69) is 34.9 Å². The van der Waals surface area contributed by atoms with Crippen molar-refractivity contribution in [1.82, 2.24) is 9.55 Å². The van der Waals surface area contributed by atoms with Crippen LogP contribution in [0.4, 0.5) is 5.95 Å². The van der Waals surface area contributed by atoms with E-state index < -0.39 is 0 Å². The van der Waals surface area contributed by atoms with Gasteiger partial charge < -0.3 is 9.88 Å². The average molecular weight is 249 g/mol. The molecule has 2 rings (SSSR count). The van der Waals surface area contributed by atoms with Crippen molar-refractivity contribution in [2.75, 3.05) is 5.32 Å². The van der Waals surface area contributed by atoms with Crippen LogP contribution in [-0.4, -0.2) is 15.6 Å². The van der Waals surface area contributed by atoms with Crippen LogP contribution in [0, 0.1) is 6.92 Å². The minimum absolute atomic E-state index is 0.644. The van der Waals surface area contributed by atoms with Gasteiger partial charge in [0.05, 0.1) is 5.69 Å². The minimum Gasteiger partial charge on any atom is -0.353 e. The fraction of sp³-hybridized carbons (Fsp3) is 0.800. The predicted octanol–water partition coefficient (Wildman–Crippen LogP) is 4.13. The van der Waals surface area contributed by atoms with E-state index in [1.54, 1.807) is 0 Å². The van der Waals surface area contributed by atoms with E-state index in [4.69, 9.17) is 0 Å². The van der Waals surface area contributed by atoms with Crippen LogP contribution in [0.25, 0.3) is 0 Å². The summed E-state index contributed by atoms with van der Waals surface area (Å²) in [5, 5.41) is 3.65. The van der Waals surface area contributed by atoms with E-state index in [0.29, 0.717) is 6.04 Å². The zero-order chi connectivity index (χ0) is 12.8. The number of aryl methyl sites for hydroxylation is 2. The predicted molar refractivity (Wildman–Crippen MR) is 77.0 cm³/mol. The molecule has 1 aliphatic carbocycles. The first-order valence-corrected chi connectivity index (χ1v) is 7.60. The van der Waals surface area contributed by atoms with Crippen LogP contribution in [0.1, 0.15) is 64.0 Å². The summed E-state index contributed by atoms with van der Waals surface area (Å²) in [7, 11) is 0. The van der Waals surface area contributed by atoms with Crippen LogP contribution in [0.2, 0.25) is 0 Å². The number of nitrogens with one attached hydrogen (secondary N) is 1. The first-order chi connectivity index (χ1) is 8.79. The van der Waals surface area contributed by atoms with E-state index in [0.717, 1.165) is 18.2 Å². The maximum Gasteiger partial charge on any atom is 0.203 e. The molecule has 0 atom stereocenters. The number of imidazole rings is 1. The quantitative estimate of drug-likeness (QED) is 0.768. The van der Waals surface area contributed by atoms with Crippen LogP contribution in [0.3, 0.4) is 0 Å². The van der Waals surface area contributed by atoms with E-state index in [1.807, 2.05) is 0 Å². The van der Waals surface area contributed by atoms with Gasteiger partial charge in [-0.3, -0.25) is 0 Å². The molecule has 0 bridgehead atoms. The highest BCUT2D eigenvalue weighted by Crippen LogP contribution is 2.21. The molecule has 1 fully saturated rings. The second-order valence-corrected chi connectivity index (χ2v) is 5.59. The van der Waals surface area contributed by atoms with Gasteiger partial charge in [0, 0.05) is 18.8 Å². The molecule has 0 aliphatic heterocycles. The van der Waals surface area contributed by atoms with Crippen LogP contribution < -0.4 is 5.32 Å². The molecule has 0 saturated heterocycles. The van der Waals surface area contributed by atoms with Crippen LogP contribution in [0.15, 0.2) is 6.20 Å². The fourth-order valence-electron chi connectivity index (χ4n) is 2.79. The lowest BCUT2D eigenvalue weighted by molar-refractivity contribution is 0.458. The highest BCUT2D eigenvalue weighted by Gasteiger charge is 2.15. The molecule has 0 radical (unpaired) electrons. The second-order valence-electron chi connectivity index (χ2n) is 5.59. The minimum atomic E-state index is 0.644. The Hall–Kier alpha value is -0.990. The lowest BCUT2D eigenvalue weighted by Crippen LogP contribution is -2.24. The largest absolute Gasteiger partial charge is 0.353 e. The molecule has 18 heavy (non-hydrogen) atoms. The van der Waals surface area contributed by atoms with Gasteiger partial charge in [0.2, 0.25) is 5.95 Å². The number of unbranched alkanes of at least 4 members (excludes halogenated alkanes) is 2. The van der Waals surface area contributed by atoms with Crippen molar-refractivity contribution < 1.29 is 0 Å². The Balaban J connectivity index is 1.93. The SMILES string of the molecule is CCCCCn1cc(C)nc1NC1CCCCC1. The first-order valence-electron chi connectivity index (χ1n) is 7.60. The first kappa shape index (κ1) is 13.4. The molecule has 0 aromatic carbocycles. The van der Waals surface area contributed by atoms with E-state index >= 15 is 0 Å². The second kappa shape index (κ2) is 6.81. The van der Waals surface area contributed by atoms with Gasteiger partial charge in [0.15, 0.2) is 0 Å². The maximum absolute atomic E-state index is 4.64. The van der Waals surface area contributed by atoms with Gasteiger partial charge in [-0.15, -0.1) is 0 Å². The highest BCUT2D eigenvalue weighted by molar-refractivity contribution is 5.30. The summed E-state index contributed by atoms with van der Waals surface area (Å²) in [6.45, 7) is 5.44. The van der Waals surface area contributed by atoms with Gasteiger partial charge in [-0.1, -0.05) is 39.0 Å². The molecule has 1 aromatic heterocycles. The van der Waals surface area contributed by atoms with Crippen molar-refractivity contribution in [3.05, 3.63) is 11.9 Å². The molecule has 1 aliphatic rings. The number of aromatic nitrogens is 2. The van der Waals surface area contributed by atoms with Crippen molar-refractivity contribution in [3.63, 3.8) is 0 Å². The molecule has 3 heteroatoms. The van der Waals surface area contributed by atoms with Crippen molar-refractivity contribution >= 4 is 5.95 Å². The maximum atomic E-state index is 4.64. The molecule has 0 unspecified atom stereocenters. The van der Waals surface area contributed by atoms with Gasteiger partial charge in [0.25, 0.3) is 0 Å². The molecule has 3 nitrogen and oxygen atoms in total. The number of rotatable bonds is 6. The Bertz CT molecular complexity index is 351. The van der Waals surface area contributed by atoms with Crippen LogP contribution in [0.5, 0.6) is 0 Å². The zero-order valence-electron chi connectivity index (χ0n) is 11.9. The molecule has 102 valence electrons. The number of nitrogens with zero attached hydrogens (tertiary/aromatic N) is 2. The van der Waals surface area contributed by atoms with E-state index in [1.165, 1.54) is 51.4 Å². The Morgan fingerprint density at radius 3 is 2.78 bits per heavy atom. The normalized spacial score (nSPS) is 17.0. The van der Waals surface area contributed by atoms with Crippen LogP contribution >= 0.6 is 0 Å². The van der Waals surface area contributed by atoms with Gasteiger partial charge in [0.1, 0.15) is 0 Å². The number of hydrogen-bond acceptors (Lipinski definition) is 2. The molecule has 1 saturated carbocycles.